The predicted molar refractivity (Wildman–Crippen MR) is 124 cm³/mol. The van der Waals surface area contributed by atoms with Gasteiger partial charge in [-0.1, -0.05) is 6.58 Å². The van der Waals surface area contributed by atoms with Gasteiger partial charge in [-0.2, -0.15) is 0 Å². The summed E-state index contributed by atoms with van der Waals surface area (Å²) in [4.78, 5) is 26.6. The van der Waals surface area contributed by atoms with E-state index < -0.39 is 5.91 Å². The number of primary amides is 1. The maximum atomic E-state index is 11.5. The van der Waals surface area contributed by atoms with Crippen molar-refractivity contribution in [1.29, 1.82) is 0 Å². The fraction of sp³-hybridized carbons (Fsp3) is 0.500. The highest BCUT2D eigenvalue weighted by atomic mass is 32.1. The molecule has 8 nitrogen and oxygen atoms in total. The van der Waals surface area contributed by atoms with Gasteiger partial charge in [-0.05, 0) is 43.4 Å². The molecule has 2 aliphatic rings. The summed E-state index contributed by atoms with van der Waals surface area (Å²) in [5.41, 5.74) is 7.18. The number of carbonyl (C=O) groups excluding carboxylic acids is 1. The Kier molecular flexibility index (Phi) is 6.84. The van der Waals surface area contributed by atoms with E-state index in [-0.39, 0.29) is 5.92 Å². The van der Waals surface area contributed by atoms with Crippen LogP contribution in [0.4, 0.5) is 16.8 Å². The van der Waals surface area contributed by atoms with Crippen molar-refractivity contribution in [3.05, 3.63) is 40.9 Å². The lowest BCUT2D eigenvalue weighted by Crippen LogP contribution is -2.37. The third-order valence-electron chi connectivity index (χ3n) is 5.87. The number of carbonyl (C=O) groups is 1. The number of thiazole rings is 1. The Morgan fingerprint density at radius 2 is 2.03 bits per heavy atom. The summed E-state index contributed by atoms with van der Waals surface area (Å²) >= 11 is 1.62. The second-order valence-electron chi connectivity index (χ2n) is 8.16. The van der Waals surface area contributed by atoms with Crippen molar-refractivity contribution in [2.24, 2.45) is 11.7 Å². The number of morpholine rings is 1. The Bertz CT molecular complexity index is 932. The van der Waals surface area contributed by atoms with Crippen molar-refractivity contribution >= 4 is 34.0 Å². The molecule has 2 aliphatic heterocycles. The molecule has 166 valence electrons. The highest BCUT2D eigenvalue weighted by molar-refractivity contribution is 7.15. The van der Waals surface area contributed by atoms with Crippen LogP contribution in [0.2, 0.25) is 0 Å². The van der Waals surface area contributed by atoms with Crippen LogP contribution in [0.3, 0.4) is 0 Å². The molecule has 0 aromatic carbocycles. The number of hydrogen-bond acceptors (Lipinski definition) is 8. The van der Waals surface area contributed by atoms with E-state index in [1.54, 1.807) is 11.3 Å². The summed E-state index contributed by atoms with van der Waals surface area (Å²) < 4.78 is 5.49. The molecule has 4 rings (SSSR count). The third kappa shape index (κ3) is 5.61. The molecule has 0 saturated carbocycles. The Morgan fingerprint density at radius 3 is 2.68 bits per heavy atom. The zero-order valence-corrected chi connectivity index (χ0v) is 18.8. The normalized spacial score (nSPS) is 18.2. The second-order valence-corrected chi connectivity index (χ2v) is 9.39. The zero-order valence-electron chi connectivity index (χ0n) is 18.0. The van der Waals surface area contributed by atoms with Crippen LogP contribution in [0.1, 0.15) is 23.3 Å². The van der Waals surface area contributed by atoms with Gasteiger partial charge in [0.25, 0.3) is 0 Å². The van der Waals surface area contributed by atoms with E-state index in [1.807, 2.05) is 13.1 Å². The largest absolute Gasteiger partial charge is 0.379 e. The summed E-state index contributed by atoms with van der Waals surface area (Å²) in [5, 5.41) is 4.22. The molecule has 0 aliphatic carbocycles. The fourth-order valence-electron chi connectivity index (χ4n) is 4.09. The van der Waals surface area contributed by atoms with Crippen molar-refractivity contribution in [3.8, 4) is 0 Å². The molecule has 0 radical (unpaired) electrons. The van der Waals surface area contributed by atoms with Gasteiger partial charge in [-0.3, -0.25) is 9.69 Å². The molecule has 2 saturated heterocycles. The minimum atomic E-state index is -0.394. The lowest BCUT2D eigenvalue weighted by atomic mass is 9.89. The molecule has 2 fully saturated rings. The first-order valence-electron chi connectivity index (χ1n) is 10.7. The first-order chi connectivity index (χ1) is 15.0. The van der Waals surface area contributed by atoms with Gasteiger partial charge in [0, 0.05) is 49.4 Å². The van der Waals surface area contributed by atoms with Crippen LogP contribution in [0, 0.1) is 12.8 Å². The molecule has 2 aromatic heterocycles. The van der Waals surface area contributed by atoms with Crippen LogP contribution >= 0.6 is 11.3 Å². The molecule has 4 heterocycles. The van der Waals surface area contributed by atoms with Crippen molar-refractivity contribution in [3.63, 3.8) is 0 Å². The molecule has 9 heteroatoms. The summed E-state index contributed by atoms with van der Waals surface area (Å²) in [6, 6.07) is 4.29. The van der Waals surface area contributed by atoms with Gasteiger partial charge in [-0.25, -0.2) is 9.97 Å². The number of nitrogens with two attached hydrogens (primary N) is 1. The number of ether oxygens (including phenoxy) is 1. The van der Waals surface area contributed by atoms with Crippen molar-refractivity contribution < 1.29 is 9.53 Å². The molecular weight excluding hydrogens is 412 g/mol. The van der Waals surface area contributed by atoms with E-state index in [0.29, 0.717) is 5.57 Å². The summed E-state index contributed by atoms with van der Waals surface area (Å²) in [7, 11) is 0. The minimum Gasteiger partial charge on any atom is -0.379 e. The van der Waals surface area contributed by atoms with Gasteiger partial charge in [-0.15, -0.1) is 11.3 Å². The molecule has 0 spiro atoms. The quantitative estimate of drug-likeness (QED) is 0.637. The van der Waals surface area contributed by atoms with Gasteiger partial charge in [0.2, 0.25) is 5.91 Å². The monoisotopic (exact) mass is 442 g/mol. The van der Waals surface area contributed by atoms with E-state index >= 15 is 0 Å². The average Bonchev–Trinajstić information content (AvgIpc) is 3.18. The van der Waals surface area contributed by atoms with Crippen molar-refractivity contribution in [1.82, 2.24) is 14.9 Å². The molecular formula is C22H30N6O2S. The fourth-order valence-corrected chi connectivity index (χ4v) is 4.76. The standard InChI is InChI=1S/C22H30N6O2S/c1-15-13-24-22(31-15)26-19-11-17(14-27-7-9-30-10-8-27)12-20(25-19)28-5-3-18(4-6-28)16(2)21(23)29/h11-13,18H,2-10,14H2,1H3,(H2,23,29)(H,24,25,26). The Labute approximate surface area is 187 Å². The molecule has 1 amide bonds. The summed E-state index contributed by atoms with van der Waals surface area (Å²) in [6.45, 7) is 11.8. The number of anilines is 3. The highest BCUT2D eigenvalue weighted by Crippen LogP contribution is 2.29. The Morgan fingerprint density at radius 1 is 1.29 bits per heavy atom. The van der Waals surface area contributed by atoms with Gasteiger partial charge < -0.3 is 20.7 Å². The number of piperidine rings is 1. The first kappa shape index (κ1) is 21.7. The molecule has 0 atom stereocenters. The lowest BCUT2D eigenvalue weighted by Gasteiger charge is -2.33. The van der Waals surface area contributed by atoms with Crippen LogP contribution in [-0.4, -0.2) is 60.2 Å². The summed E-state index contributed by atoms with van der Waals surface area (Å²) in [5.74, 6) is 1.51. The van der Waals surface area contributed by atoms with Gasteiger partial charge in [0.05, 0.1) is 13.2 Å². The van der Waals surface area contributed by atoms with Crippen LogP contribution < -0.4 is 16.0 Å². The number of aryl methyl sites for hydroxylation is 1. The number of pyridine rings is 1. The van der Waals surface area contributed by atoms with Gasteiger partial charge in [0.1, 0.15) is 11.6 Å². The van der Waals surface area contributed by atoms with E-state index in [1.165, 1.54) is 5.56 Å². The van der Waals surface area contributed by atoms with E-state index in [2.05, 4.69) is 38.8 Å². The molecule has 0 unspecified atom stereocenters. The van der Waals surface area contributed by atoms with Crippen LogP contribution in [0.15, 0.2) is 30.5 Å². The summed E-state index contributed by atoms with van der Waals surface area (Å²) in [6.07, 6.45) is 3.57. The van der Waals surface area contributed by atoms with Crippen LogP contribution in [-0.2, 0) is 16.1 Å². The maximum Gasteiger partial charge on any atom is 0.244 e. The average molecular weight is 443 g/mol. The lowest BCUT2D eigenvalue weighted by molar-refractivity contribution is -0.115. The molecule has 2 aromatic rings. The topological polar surface area (TPSA) is 96.6 Å². The third-order valence-corrected chi connectivity index (χ3v) is 6.69. The first-order valence-corrected chi connectivity index (χ1v) is 11.5. The number of hydrogen-bond donors (Lipinski definition) is 2. The highest BCUT2D eigenvalue weighted by Gasteiger charge is 2.25. The maximum absolute atomic E-state index is 11.5. The Balaban J connectivity index is 1.52. The smallest absolute Gasteiger partial charge is 0.244 e. The van der Waals surface area contributed by atoms with Crippen LogP contribution in [0.5, 0.6) is 0 Å². The second kappa shape index (κ2) is 9.76. The SMILES string of the molecule is C=C(C(N)=O)C1CCN(c2cc(CN3CCOCC3)cc(Nc3ncc(C)s3)n2)CC1. The minimum absolute atomic E-state index is 0.154. The van der Waals surface area contributed by atoms with E-state index in [4.69, 9.17) is 15.5 Å². The molecule has 0 bridgehead atoms. The van der Waals surface area contributed by atoms with E-state index in [0.717, 1.165) is 80.4 Å². The predicted octanol–water partition coefficient (Wildman–Crippen LogP) is 2.68. The zero-order chi connectivity index (χ0) is 21.8. The van der Waals surface area contributed by atoms with Gasteiger partial charge >= 0.3 is 0 Å². The number of aromatic nitrogens is 2. The van der Waals surface area contributed by atoms with Crippen molar-refractivity contribution in [2.45, 2.75) is 26.3 Å². The molecule has 3 N–H and O–H groups in total. The van der Waals surface area contributed by atoms with Gasteiger partial charge in [0.15, 0.2) is 5.13 Å². The number of rotatable bonds is 7. The number of nitrogens with zero attached hydrogens (tertiary/aromatic N) is 4. The number of nitrogens with one attached hydrogen (secondary N) is 1. The molecule has 31 heavy (non-hydrogen) atoms. The van der Waals surface area contributed by atoms with Crippen molar-refractivity contribution in [2.75, 3.05) is 49.6 Å². The number of amides is 1. The van der Waals surface area contributed by atoms with Crippen LogP contribution in [0.25, 0.3) is 0 Å². The Hall–Kier alpha value is -2.49. The van der Waals surface area contributed by atoms with E-state index in [9.17, 15) is 4.79 Å².